The first kappa shape index (κ1) is 25.2. The van der Waals surface area contributed by atoms with Gasteiger partial charge in [-0.15, -0.1) is 0 Å². The lowest BCUT2D eigenvalue weighted by Crippen LogP contribution is -2.45. The van der Waals surface area contributed by atoms with E-state index in [9.17, 15) is 26.3 Å². The smallest absolute Gasteiger partial charge is 0.430 e. The number of hydrogen-bond donors (Lipinski definition) is 0. The van der Waals surface area contributed by atoms with Crippen molar-refractivity contribution in [1.29, 1.82) is 0 Å². The summed E-state index contributed by atoms with van der Waals surface area (Å²) in [7, 11) is 0. The van der Waals surface area contributed by atoms with Gasteiger partial charge >= 0.3 is 12.3 Å². The molecule has 0 aromatic heterocycles. The third kappa shape index (κ3) is 7.02. The van der Waals surface area contributed by atoms with Crippen molar-refractivity contribution in [3.63, 3.8) is 0 Å². The van der Waals surface area contributed by atoms with Crippen LogP contribution in [-0.2, 0) is 0 Å². The molecule has 1 unspecified atom stereocenters. The molecule has 0 bridgehead atoms. The summed E-state index contributed by atoms with van der Waals surface area (Å²) in [6, 6.07) is 12.7. The standard InChI is InChI=1S/C26H28F6O/c1-2-3-18-4-6-19(7-5-18)8-9-20-10-12-21(13-11-20)22-14-16-23(17-15-22)33-26(31,32)24(27)25(28,29)30/h8-19,24H,2-7H2,1H3. The summed E-state index contributed by atoms with van der Waals surface area (Å²) < 4.78 is 80.5. The van der Waals surface area contributed by atoms with Gasteiger partial charge in [-0.3, -0.25) is 0 Å². The summed E-state index contributed by atoms with van der Waals surface area (Å²) in [5, 5.41) is 0. The number of ether oxygens (including phenoxy) is 1. The van der Waals surface area contributed by atoms with E-state index in [1.165, 1.54) is 50.7 Å². The average molecular weight is 470 g/mol. The zero-order valence-corrected chi connectivity index (χ0v) is 18.4. The second-order valence-corrected chi connectivity index (χ2v) is 8.64. The minimum atomic E-state index is -5.71. The molecule has 1 atom stereocenters. The van der Waals surface area contributed by atoms with Gasteiger partial charge in [0.05, 0.1) is 0 Å². The van der Waals surface area contributed by atoms with Gasteiger partial charge in [-0.1, -0.05) is 68.3 Å². The van der Waals surface area contributed by atoms with E-state index < -0.39 is 24.2 Å². The van der Waals surface area contributed by atoms with Crippen molar-refractivity contribution in [1.82, 2.24) is 0 Å². The Bertz CT molecular complexity index is 894. The zero-order valence-electron chi connectivity index (χ0n) is 18.4. The van der Waals surface area contributed by atoms with Crippen LogP contribution < -0.4 is 4.74 Å². The van der Waals surface area contributed by atoms with E-state index in [1.54, 1.807) is 0 Å². The van der Waals surface area contributed by atoms with Crippen LogP contribution in [-0.4, -0.2) is 18.5 Å². The highest BCUT2D eigenvalue weighted by molar-refractivity contribution is 5.66. The van der Waals surface area contributed by atoms with Crippen molar-refractivity contribution in [3.05, 3.63) is 60.2 Å². The van der Waals surface area contributed by atoms with Crippen molar-refractivity contribution in [2.75, 3.05) is 0 Å². The molecule has 2 aromatic rings. The van der Waals surface area contributed by atoms with Crippen molar-refractivity contribution in [2.24, 2.45) is 11.8 Å². The maximum atomic E-state index is 13.4. The van der Waals surface area contributed by atoms with Crippen LogP contribution in [0.1, 0.15) is 51.0 Å². The molecule has 0 heterocycles. The van der Waals surface area contributed by atoms with Crippen molar-refractivity contribution >= 4 is 6.08 Å². The molecule has 3 rings (SSSR count). The number of rotatable bonds is 8. The Hall–Kier alpha value is -2.44. The molecule has 180 valence electrons. The second-order valence-electron chi connectivity index (χ2n) is 8.64. The van der Waals surface area contributed by atoms with Crippen LogP contribution in [0.2, 0.25) is 0 Å². The minimum Gasteiger partial charge on any atom is -0.430 e. The fourth-order valence-corrected chi connectivity index (χ4v) is 4.23. The highest BCUT2D eigenvalue weighted by Crippen LogP contribution is 2.37. The van der Waals surface area contributed by atoms with Crippen molar-refractivity contribution in [3.8, 4) is 16.9 Å². The molecular weight excluding hydrogens is 442 g/mol. The molecule has 1 aliphatic rings. The van der Waals surface area contributed by atoms with Gasteiger partial charge in [-0.25, -0.2) is 4.39 Å². The largest absolute Gasteiger partial charge is 0.439 e. The van der Waals surface area contributed by atoms with E-state index >= 15 is 0 Å². The number of halogens is 6. The lowest BCUT2D eigenvalue weighted by Gasteiger charge is -2.26. The summed E-state index contributed by atoms with van der Waals surface area (Å²) >= 11 is 0. The monoisotopic (exact) mass is 470 g/mol. The van der Waals surface area contributed by atoms with Crippen molar-refractivity contribution < 1.29 is 31.1 Å². The maximum absolute atomic E-state index is 13.4. The molecule has 0 radical (unpaired) electrons. The SMILES string of the molecule is CCCC1CCC(C=Cc2ccc(-c3ccc(OC(F)(F)C(F)C(F)(F)F)cc3)cc2)CC1. The highest BCUT2D eigenvalue weighted by atomic mass is 19.4. The van der Waals surface area contributed by atoms with Gasteiger partial charge < -0.3 is 4.74 Å². The van der Waals surface area contributed by atoms with Gasteiger partial charge in [-0.2, -0.15) is 22.0 Å². The zero-order chi connectivity index (χ0) is 24.1. The molecule has 0 aliphatic heterocycles. The molecule has 1 nitrogen and oxygen atoms in total. The summed E-state index contributed by atoms with van der Waals surface area (Å²) in [4.78, 5) is 0. The number of benzene rings is 2. The van der Waals surface area contributed by atoms with Crippen molar-refractivity contribution in [2.45, 2.75) is 63.9 Å². The molecular formula is C26H28F6O. The molecule has 0 N–H and O–H groups in total. The Morgan fingerprint density at radius 2 is 1.42 bits per heavy atom. The number of hydrogen-bond acceptors (Lipinski definition) is 1. The van der Waals surface area contributed by atoms with Crippen LogP contribution in [0, 0.1) is 11.8 Å². The molecule has 33 heavy (non-hydrogen) atoms. The third-order valence-electron chi connectivity index (χ3n) is 6.08. The van der Waals surface area contributed by atoms with Crippen LogP contribution in [0.15, 0.2) is 54.6 Å². The van der Waals surface area contributed by atoms with Gasteiger partial charge in [-0.05, 0) is 66.3 Å². The maximum Gasteiger partial charge on any atom is 0.439 e. The van der Waals surface area contributed by atoms with Crippen LogP contribution in [0.25, 0.3) is 17.2 Å². The Morgan fingerprint density at radius 3 is 1.94 bits per heavy atom. The first-order valence-corrected chi connectivity index (χ1v) is 11.2. The Labute approximate surface area is 190 Å². The van der Waals surface area contributed by atoms with E-state index in [4.69, 9.17) is 0 Å². The Morgan fingerprint density at radius 1 is 0.879 bits per heavy atom. The summed E-state index contributed by atoms with van der Waals surface area (Å²) in [5.41, 5.74) is 2.53. The molecule has 7 heteroatoms. The van der Waals surface area contributed by atoms with Crippen LogP contribution in [0.4, 0.5) is 26.3 Å². The molecule has 1 aliphatic carbocycles. The number of alkyl halides is 6. The summed E-state index contributed by atoms with van der Waals surface area (Å²) in [5.74, 6) is 0.915. The molecule has 1 saturated carbocycles. The Balaban J connectivity index is 1.58. The Kier molecular flexibility index (Phi) is 8.14. The van der Waals surface area contributed by atoms with E-state index in [0.29, 0.717) is 11.5 Å². The average Bonchev–Trinajstić information content (AvgIpc) is 2.78. The summed E-state index contributed by atoms with van der Waals surface area (Å²) in [6.07, 6.45) is -3.17. The van der Waals surface area contributed by atoms with E-state index in [1.807, 2.05) is 24.3 Å². The first-order valence-electron chi connectivity index (χ1n) is 11.2. The van der Waals surface area contributed by atoms with Gasteiger partial charge in [0, 0.05) is 0 Å². The fraction of sp³-hybridized carbons (Fsp3) is 0.462. The predicted octanol–water partition coefficient (Wildman–Crippen LogP) is 8.85. The van der Waals surface area contributed by atoms with E-state index in [2.05, 4.69) is 23.8 Å². The lowest BCUT2D eigenvalue weighted by atomic mass is 9.80. The van der Waals surface area contributed by atoms with Gasteiger partial charge in [0.15, 0.2) is 0 Å². The molecule has 0 saturated heterocycles. The van der Waals surface area contributed by atoms with Crippen LogP contribution >= 0.6 is 0 Å². The van der Waals surface area contributed by atoms with Gasteiger partial charge in [0.25, 0.3) is 6.17 Å². The van der Waals surface area contributed by atoms with E-state index in [-0.39, 0.29) is 0 Å². The van der Waals surface area contributed by atoms with Gasteiger partial charge in [0.1, 0.15) is 5.75 Å². The number of allylic oxidation sites excluding steroid dienone is 1. The normalized spacial score (nSPS) is 20.7. The third-order valence-corrected chi connectivity index (χ3v) is 6.08. The summed E-state index contributed by atoms with van der Waals surface area (Å²) in [6.45, 7) is 2.23. The van der Waals surface area contributed by atoms with Crippen LogP contribution in [0.5, 0.6) is 5.75 Å². The van der Waals surface area contributed by atoms with E-state index in [0.717, 1.165) is 29.2 Å². The predicted molar refractivity (Wildman–Crippen MR) is 118 cm³/mol. The quantitative estimate of drug-likeness (QED) is 0.350. The second kappa shape index (κ2) is 10.7. The van der Waals surface area contributed by atoms with Gasteiger partial charge in [0.2, 0.25) is 0 Å². The fourth-order valence-electron chi connectivity index (χ4n) is 4.23. The molecule has 0 amide bonds. The molecule has 1 fully saturated rings. The first-order chi connectivity index (χ1) is 15.6. The molecule has 2 aromatic carbocycles. The lowest BCUT2D eigenvalue weighted by molar-refractivity contribution is -0.304. The minimum absolute atomic E-state index is 0.552. The molecule has 0 spiro atoms. The van der Waals surface area contributed by atoms with Crippen LogP contribution in [0.3, 0.4) is 0 Å². The highest BCUT2D eigenvalue weighted by Gasteiger charge is 2.59. The topological polar surface area (TPSA) is 9.23 Å².